The summed E-state index contributed by atoms with van der Waals surface area (Å²) in [5.41, 5.74) is 5.45. The lowest BCUT2D eigenvalue weighted by molar-refractivity contribution is -0.148. The van der Waals surface area contributed by atoms with Crippen molar-refractivity contribution in [2.24, 2.45) is 11.1 Å². The second kappa shape index (κ2) is 9.44. The fourth-order valence-corrected chi connectivity index (χ4v) is 3.40. The smallest absolute Gasteiger partial charge is 0.320 e. The topological polar surface area (TPSA) is 79.1 Å². The molecule has 0 saturated carbocycles. The van der Waals surface area contributed by atoms with Crippen molar-refractivity contribution in [1.82, 2.24) is 14.7 Å². The van der Waals surface area contributed by atoms with Gasteiger partial charge in [0.25, 0.3) is 0 Å². The highest BCUT2D eigenvalue weighted by Gasteiger charge is 2.42. The summed E-state index contributed by atoms with van der Waals surface area (Å²) in [4.78, 5) is 30.8. The molecule has 8 heteroatoms. The van der Waals surface area contributed by atoms with E-state index in [0.717, 1.165) is 0 Å². The van der Waals surface area contributed by atoms with Crippen molar-refractivity contribution in [2.45, 2.75) is 26.7 Å². The van der Waals surface area contributed by atoms with E-state index in [2.05, 4.69) is 0 Å². The summed E-state index contributed by atoms with van der Waals surface area (Å²) in [7, 11) is 0. The van der Waals surface area contributed by atoms with Gasteiger partial charge < -0.3 is 25.2 Å². The van der Waals surface area contributed by atoms with E-state index in [1.165, 1.54) is 0 Å². The van der Waals surface area contributed by atoms with Crippen LogP contribution in [0.1, 0.15) is 26.7 Å². The number of rotatable bonds is 4. The zero-order valence-corrected chi connectivity index (χ0v) is 15.6. The zero-order chi connectivity index (χ0) is 16.9. The lowest BCUT2D eigenvalue weighted by atomic mass is 9.78. The van der Waals surface area contributed by atoms with E-state index in [9.17, 15) is 9.59 Å². The van der Waals surface area contributed by atoms with Gasteiger partial charge in [-0.25, -0.2) is 4.79 Å². The molecule has 24 heavy (non-hydrogen) atoms. The molecule has 0 aliphatic carbocycles. The first-order chi connectivity index (χ1) is 11.1. The molecular formula is C16H31ClN4O3. The SMILES string of the molecule is CCN(CC)C(=O)N1CCN(C(=O)C2(CN)CCOCC2)CC1.Cl. The minimum atomic E-state index is -0.469. The molecule has 140 valence electrons. The van der Waals surface area contributed by atoms with Crippen LogP contribution in [0.2, 0.25) is 0 Å². The van der Waals surface area contributed by atoms with Crippen LogP contribution >= 0.6 is 12.4 Å². The quantitative estimate of drug-likeness (QED) is 0.801. The van der Waals surface area contributed by atoms with E-state index in [1.54, 1.807) is 0 Å². The molecule has 7 nitrogen and oxygen atoms in total. The van der Waals surface area contributed by atoms with Gasteiger partial charge in [-0.3, -0.25) is 4.79 Å². The van der Waals surface area contributed by atoms with Crippen LogP contribution in [0.5, 0.6) is 0 Å². The van der Waals surface area contributed by atoms with Crippen LogP contribution in [0.25, 0.3) is 0 Å². The standard InChI is InChI=1S/C16H30N4O3.ClH/c1-3-18(4-2)15(22)20-9-7-19(8-10-20)14(21)16(13-17)5-11-23-12-6-16;/h3-13,17H2,1-2H3;1H. The first-order valence-corrected chi connectivity index (χ1v) is 8.69. The predicted octanol–water partition coefficient (Wildman–Crippen LogP) is 0.770. The Morgan fingerprint density at radius 3 is 2.00 bits per heavy atom. The van der Waals surface area contributed by atoms with Crippen molar-refractivity contribution in [3.63, 3.8) is 0 Å². The van der Waals surface area contributed by atoms with Gasteiger partial charge in [0, 0.05) is 59.0 Å². The van der Waals surface area contributed by atoms with Crippen LogP contribution in [0.4, 0.5) is 4.79 Å². The Labute approximate surface area is 150 Å². The van der Waals surface area contributed by atoms with Crippen LogP contribution in [0.15, 0.2) is 0 Å². The molecule has 2 N–H and O–H groups in total. The molecular weight excluding hydrogens is 332 g/mol. The van der Waals surface area contributed by atoms with Crippen molar-refractivity contribution >= 4 is 24.3 Å². The van der Waals surface area contributed by atoms with Crippen LogP contribution in [-0.2, 0) is 9.53 Å². The minimum absolute atomic E-state index is 0. The van der Waals surface area contributed by atoms with Gasteiger partial charge in [0.2, 0.25) is 5.91 Å². The Hall–Kier alpha value is -1.05. The second-order valence-electron chi connectivity index (χ2n) is 6.33. The number of nitrogens with two attached hydrogens (primary N) is 1. The van der Waals surface area contributed by atoms with E-state index in [1.807, 2.05) is 28.5 Å². The zero-order valence-electron chi connectivity index (χ0n) is 14.8. The molecule has 0 unspecified atom stereocenters. The fourth-order valence-electron chi connectivity index (χ4n) is 3.40. The molecule has 0 aromatic carbocycles. The molecule has 2 rings (SSSR count). The van der Waals surface area contributed by atoms with Crippen LogP contribution < -0.4 is 5.73 Å². The molecule has 0 spiro atoms. The number of piperazine rings is 1. The van der Waals surface area contributed by atoms with Crippen molar-refractivity contribution in [3.05, 3.63) is 0 Å². The first kappa shape index (κ1) is 21.0. The van der Waals surface area contributed by atoms with Gasteiger partial charge in [-0.2, -0.15) is 0 Å². The summed E-state index contributed by atoms with van der Waals surface area (Å²) in [5, 5.41) is 0. The summed E-state index contributed by atoms with van der Waals surface area (Å²) in [6.07, 6.45) is 1.39. The molecule has 2 heterocycles. The van der Waals surface area contributed by atoms with Gasteiger partial charge in [0.05, 0.1) is 5.41 Å². The lowest BCUT2D eigenvalue weighted by Crippen LogP contribution is -2.58. The third kappa shape index (κ3) is 4.32. The Kier molecular flexibility index (Phi) is 8.26. The van der Waals surface area contributed by atoms with Gasteiger partial charge in [-0.15, -0.1) is 12.4 Å². The Morgan fingerprint density at radius 2 is 1.54 bits per heavy atom. The summed E-state index contributed by atoms with van der Waals surface area (Å²) in [5.74, 6) is 0.137. The monoisotopic (exact) mass is 362 g/mol. The number of ether oxygens (including phenoxy) is 1. The van der Waals surface area contributed by atoms with E-state index in [4.69, 9.17) is 10.5 Å². The number of hydrogen-bond acceptors (Lipinski definition) is 4. The number of nitrogens with zero attached hydrogens (tertiary/aromatic N) is 3. The summed E-state index contributed by atoms with van der Waals surface area (Å²) in [6, 6.07) is 0.0710. The van der Waals surface area contributed by atoms with Crippen molar-refractivity contribution in [2.75, 3.05) is 59.0 Å². The maximum atomic E-state index is 12.9. The number of halogens is 1. The third-order valence-corrected chi connectivity index (χ3v) is 5.17. The van der Waals surface area contributed by atoms with Crippen molar-refractivity contribution < 1.29 is 14.3 Å². The number of urea groups is 1. The maximum Gasteiger partial charge on any atom is 0.320 e. The van der Waals surface area contributed by atoms with Gasteiger partial charge in [-0.1, -0.05) is 0 Å². The highest BCUT2D eigenvalue weighted by Crippen LogP contribution is 2.32. The lowest BCUT2D eigenvalue weighted by Gasteiger charge is -2.42. The third-order valence-electron chi connectivity index (χ3n) is 5.17. The summed E-state index contributed by atoms with van der Waals surface area (Å²) in [6.45, 7) is 9.34. The molecule has 2 saturated heterocycles. The average Bonchev–Trinajstić information content (AvgIpc) is 2.62. The van der Waals surface area contributed by atoms with E-state index >= 15 is 0 Å². The van der Waals surface area contributed by atoms with E-state index < -0.39 is 5.41 Å². The number of hydrogen-bond donors (Lipinski definition) is 1. The molecule has 0 aromatic rings. The van der Waals surface area contributed by atoms with Crippen LogP contribution in [-0.4, -0.2) is 85.7 Å². The van der Waals surface area contributed by atoms with Gasteiger partial charge in [0.15, 0.2) is 0 Å². The number of amides is 3. The highest BCUT2D eigenvalue weighted by atomic mass is 35.5. The molecule has 0 bridgehead atoms. The first-order valence-electron chi connectivity index (χ1n) is 8.69. The molecule has 0 aromatic heterocycles. The Morgan fingerprint density at radius 1 is 1.04 bits per heavy atom. The fraction of sp³-hybridized carbons (Fsp3) is 0.875. The predicted molar refractivity (Wildman–Crippen MR) is 95.3 cm³/mol. The normalized spacial score (nSPS) is 20.3. The molecule has 2 aliphatic heterocycles. The van der Waals surface area contributed by atoms with Crippen LogP contribution in [0.3, 0.4) is 0 Å². The van der Waals surface area contributed by atoms with E-state index in [-0.39, 0.29) is 24.3 Å². The van der Waals surface area contributed by atoms with Gasteiger partial charge in [-0.05, 0) is 26.7 Å². The van der Waals surface area contributed by atoms with Crippen molar-refractivity contribution in [1.29, 1.82) is 0 Å². The average molecular weight is 363 g/mol. The van der Waals surface area contributed by atoms with E-state index in [0.29, 0.717) is 71.9 Å². The maximum absolute atomic E-state index is 12.9. The Balaban J connectivity index is 0.00000288. The summed E-state index contributed by atoms with van der Waals surface area (Å²) >= 11 is 0. The largest absolute Gasteiger partial charge is 0.381 e. The second-order valence-corrected chi connectivity index (χ2v) is 6.33. The molecule has 0 radical (unpaired) electrons. The molecule has 2 aliphatic rings. The minimum Gasteiger partial charge on any atom is -0.381 e. The molecule has 0 atom stereocenters. The molecule has 2 fully saturated rings. The van der Waals surface area contributed by atoms with Gasteiger partial charge in [0.1, 0.15) is 0 Å². The Bertz CT molecular complexity index is 418. The number of carbonyl (C=O) groups is 2. The molecule has 3 amide bonds. The van der Waals surface area contributed by atoms with Gasteiger partial charge >= 0.3 is 6.03 Å². The van der Waals surface area contributed by atoms with Crippen molar-refractivity contribution in [3.8, 4) is 0 Å². The highest BCUT2D eigenvalue weighted by molar-refractivity contribution is 5.85. The van der Waals surface area contributed by atoms with Crippen LogP contribution in [0, 0.1) is 5.41 Å². The number of carbonyl (C=O) groups excluding carboxylic acids is 2. The summed E-state index contributed by atoms with van der Waals surface area (Å²) < 4.78 is 5.38.